The second kappa shape index (κ2) is 12.3. The Labute approximate surface area is 250 Å². The van der Waals surface area contributed by atoms with Crippen molar-refractivity contribution in [2.45, 2.75) is 32.7 Å². The Morgan fingerprint density at radius 3 is 2.39 bits per heavy atom. The first-order valence-electron chi connectivity index (χ1n) is 13.6. The highest BCUT2D eigenvalue weighted by Crippen LogP contribution is 2.37. The van der Waals surface area contributed by atoms with Crippen LogP contribution in [-0.2, 0) is 24.8 Å². The van der Waals surface area contributed by atoms with Gasteiger partial charge in [-0.05, 0) is 67.0 Å². The number of methoxy groups -OCH3 is 1. The lowest BCUT2D eigenvalue weighted by Gasteiger charge is -2.36. The summed E-state index contributed by atoms with van der Waals surface area (Å²) in [5, 5.41) is 9.81. The molecule has 0 spiro atoms. The van der Waals surface area contributed by atoms with E-state index in [1.165, 1.54) is 17.3 Å². The van der Waals surface area contributed by atoms with Crippen molar-refractivity contribution in [3.05, 3.63) is 97.7 Å². The number of amides is 1. The van der Waals surface area contributed by atoms with E-state index >= 15 is 0 Å². The van der Waals surface area contributed by atoms with Crippen molar-refractivity contribution >= 4 is 46.1 Å². The lowest BCUT2D eigenvalue weighted by Crippen LogP contribution is -2.39. The second-order valence-electron chi connectivity index (χ2n) is 10.4. The highest BCUT2D eigenvalue weighted by molar-refractivity contribution is 8.26. The quantitative estimate of drug-likeness (QED) is 0.271. The molecular formula is C32H32N4O3S2. The number of ether oxygens (including phenoxy) is 1. The normalized spacial score (nSPS) is 16.9. The molecule has 2 aliphatic heterocycles. The summed E-state index contributed by atoms with van der Waals surface area (Å²) >= 11 is 6.84. The van der Waals surface area contributed by atoms with Gasteiger partial charge in [0.2, 0.25) is 0 Å². The fraction of sp³-hybridized carbons (Fsp3) is 0.312. The maximum Gasteiger partial charge on any atom is 0.270 e. The number of anilines is 1. The fourth-order valence-corrected chi connectivity index (χ4v) is 6.81. The smallest absolute Gasteiger partial charge is 0.270 e. The minimum atomic E-state index is -0.324. The van der Waals surface area contributed by atoms with Crippen molar-refractivity contribution in [3.63, 3.8) is 0 Å². The zero-order chi connectivity index (χ0) is 29.1. The maximum absolute atomic E-state index is 13.5. The summed E-state index contributed by atoms with van der Waals surface area (Å²) in [5.41, 5.74) is 3.34. The van der Waals surface area contributed by atoms with E-state index in [0.717, 1.165) is 55.0 Å². The Morgan fingerprint density at radius 1 is 1.07 bits per heavy atom. The highest BCUT2D eigenvalue weighted by Gasteiger charge is 2.33. The third kappa shape index (κ3) is 5.95. The highest BCUT2D eigenvalue weighted by atomic mass is 32.2. The van der Waals surface area contributed by atoms with Crippen LogP contribution in [0.2, 0.25) is 0 Å². The minimum absolute atomic E-state index is 0.0928. The molecule has 0 bridgehead atoms. The predicted molar refractivity (Wildman–Crippen MR) is 168 cm³/mol. The number of pyridine rings is 1. The first-order valence-corrected chi connectivity index (χ1v) is 14.8. The third-order valence-corrected chi connectivity index (χ3v) is 9.28. The second-order valence-corrected chi connectivity index (χ2v) is 12.1. The van der Waals surface area contributed by atoms with Crippen LogP contribution in [0.1, 0.15) is 40.7 Å². The zero-order valence-corrected chi connectivity index (χ0v) is 25.1. The summed E-state index contributed by atoms with van der Waals surface area (Å²) in [7, 11) is 3.32. The number of thioether (sulfide) groups is 1. The van der Waals surface area contributed by atoms with Gasteiger partial charge >= 0.3 is 0 Å². The molecule has 0 aliphatic carbocycles. The topological polar surface area (TPSA) is 78.6 Å². The number of carbonyl (C=O) groups is 1. The van der Waals surface area contributed by atoms with Crippen LogP contribution < -0.4 is 15.2 Å². The van der Waals surface area contributed by atoms with Crippen molar-refractivity contribution < 1.29 is 9.53 Å². The fourth-order valence-electron chi connectivity index (χ4n) is 5.57. The number of rotatable bonds is 7. The number of thiocarbonyl (C=S) groups is 1. The standard InChI is InChI=1S/C32H32N4O3S2/c1-21-26(18-28-31(38)36(32(40)41-28)20-24-9-11-25(39-3)12-10-24)29(34(2)30(37)27(21)19-33)35-15-13-23(14-16-35)17-22-7-5-4-6-8-22/h4-12,18,23H,13-17,20H2,1-3H3/b28-18-. The van der Waals surface area contributed by atoms with Gasteiger partial charge in [-0.2, -0.15) is 5.26 Å². The van der Waals surface area contributed by atoms with E-state index in [9.17, 15) is 14.9 Å². The molecule has 5 rings (SSSR count). The van der Waals surface area contributed by atoms with Crippen LogP contribution >= 0.6 is 24.0 Å². The molecule has 0 radical (unpaired) electrons. The van der Waals surface area contributed by atoms with E-state index < -0.39 is 0 Å². The summed E-state index contributed by atoms with van der Waals surface area (Å²) in [6, 6.07) is 20.2. The zero-order valence-electron chi connectivity index (χ0n) is 23.4. The van der Waals surface area contributed by atoms with Gasteiger partial charge in [0.1, 0.15) is 27.5 Å². The summed E-state index contributed by atoms with van der Waals surface area (Å²) < 4.78 is 7.27. The number of hydrogen-bond donors (Lipinski definition) is 0. The molecular weight excluding hydrogens is 553 g/mol. The van der Waals surface area contributed by atoms with Gasteiger partial charge < -0.3 is 9.64 Å². The molecule has 3 heterocycles. The van der Waals surface area contributed by atoms with Gasteiger partial charge in [0, 0.05) is 25.7 Å². The predicted octanol–water partition coefficient (Wildman–Crippen LogP) is 5.43. The van der Waals surface area contributed by atoms with Crippen molar-refractivity contribution in [1.82, 2.24) is 9.47 Å². The monoisotopic (exact) mass is 584 g/mol. The molecule has 0 saturated carbocycles. The molecule has 3 aromatic rings. The summed E-state index contributed by atoms with van der Waals surface area (Å²) in [6.45, 7) is 3.71. The Kier molecular flexibility index (Phi) is 8.62. The molecule has 0 unspecified atom stereocenters. The molecule has 0 N–H and O–H groups in total. The minimum Gasteiger partial charge on any atom is -0.497 e. The average molecular weight is 585 g/mol. The van der Waals surface area contributed by atoms with Crippen molar-refractivity contribution in [3.8, 4) is 11.8 Å². The summed E-state index contributed by atoms with van der Waals surface area (Å²) in [4.78, 5) is 31.0. The number of piperidine rings is 1. The van der Waals surface area contributed by atoms with Crippen molar-refractivity contribution in [2.75, 3.05) is 25.1 Å². The molecule has 210 valence electrons. The molecule has 9 heteroatoms. The van der Waals surface area contributed by atoms with E-state index in [1.54, 1.807) is 30.5 Å². The molecule has 41 heavy (non-hydrogen) atoms. The van der Waals surface area contributed by atoms with E-state index in [0.29, 0.717) is 27.3 Å². The SMILES string of the molecule is COc1ccc(CN2C(=O)/C(=C/c3c(C)c(C#N)c(=O)n(C)c3N3CCC(Cc4ccccc4)CC3)SC2=S)cc1. The Morgan fingerprint density at radius 2 is 1.76 bits per heavy atom. The summed E-state index contributed by atoms with van der Waals surface area (Å²) in [6.07, 6.45) is 4.83. The van der Waals surface area contributed by atoms with Crippen molar-refractivity contribution in [1.29, 1.82) is 5.26 Å². The first kappa shape index (κ1) is 28.7. The van der Waals surface area contributed by atoms with Gasteiger partial charge in [-0.3, -0.25) is 19.1 Å². The molecule has 2 fully saturated rings. The molecule has 1 amide bonds. The van der Waals surface area contributed by atoms with Gasteiger partial charge in [0.25, 0.3) is 11.5 Å². The Hall–Kier alpha value is -3.87. The summed E-state index contributed by atoms with van der Waals surface area (Å²) in [5.74, 6) is 1.86. The first-order chi connectivity index (χ1) is 19.8. The molecule has 1 aromatic heterocycles. The van der Waals surface area contributed by atoms with Gasteiger partial charge in [-0.1, -0.05) is 66.4 Å². The number of carbonyl (C=O) groups excluding carboxylic acids is 1. The van der Waals surface area contributed by atoms with Crippen LogP contribution in [0.25, 0.3) is 6.08 Å². The third-order valence-electron chi connectivity index (χ3n) is 7.90. The Balaban J connectivity index is 1.43. The molecule has 2 saturated heterocycles. The van der Waals surface area contributed by atoms with Gasteiger partial charge in [-0.25, -0.2) is 0 Å². The molecule has 0 atom stereocenters. The van der Waals surface area contributed by atoms with Crippen LogP contribution in [-0.4, -0.2) is 39.9 Å². The van der Waals surface area contributed by atoms with Crippen molar-refractivity contribution in [2.24, 2.45) is 13.0 Å². The van der Waals surface area contributed by atoms with Gasteiger partial charge in [-0.15, -0.1) is 0 Å². The van der Waals surface area contributed by atoms with E-state index in [-0.39, 0.29) is 17.0 Å². The number of nitrogens with zero attached hydrogens (tertiary/aromatic N) is 4. The van der Waals surface area contributed by atoms with E-state index in [1.807, 2.05) is 36.4 Å². The molecule has 7 nitrogen and oxygen atoms in total. The lowest BCUT2D eigenvalue weighted by molar-refractivity contribution is -0.122. The molecule has 2 aliphatic rings. The Bertz CT molecular complexity index is 1600. The number of hydrogen-bond acceptors (Lipinski definition) is 7. The maximum atomic E-state index is 13.5. The van der Waals surface area contributed by atoms with Crippen LogP contribution in [0.15, 0.2) is 64.3 Å². The van der Waals surface area contributed by atoms with Gasteiger partial charge in [0.15, 0.2) is 0 Å². The van der Waals surface area contributed by atoms with Crippen LogP contribution in [0.5, 0.6) is 5.75 Å². The average Bonchev–Trinajstić information content (AvgIpc) is 3.25. The number of nitriles is 1. The van der Waals surface area contributed by atoms with E-state index in [2.05, 4.69) is 35.2 Å². The van der Waals surface area contributed by atoms with Gasteiger partial charge in [0.05, 0.1) is 18.6 Å². The van der Waals surface area contributed by atoms with Crippen LogP contribution in [0.4, 0.5) is 5.82 Å². The van der Waals surface area contributed by atoms with E-state index in [4.69, 9.17) is 17.0 Å². The lowest BCUT2D eigenvalue weighted by atomic mass is 9.90. The number of aromatic nitrogens is 1. The molecule has 2 aromatic carbocycles. The van der Waals surface area contributed by atoms with Crippen LogP contribution in [0.3, 0.4) is 0 Å². The van der Waals surface area contributed by atoms with Crippen LogP contribution in [0, 0.1) is 24.2 Å². The largest absolute Gasteiger partial charge is 0.497 e. The number of benzene rings is 2.